The molecule has 3 aromatic rings. The predicted octanol–water partition coefficient (Wildman–Crippen LogP) is 3.16. The van der Waals surface area contributed by atoms with Gasteiger partial charge in [-0.15, -0.1) is 0 Å². The van der Waals surface area contributed by atoms with Gasteiger partial charge in [-0.25, -0.2) is 4.98 Å². The SMILES string of the molecule is Cc1cccc2sc(N(CC3CCCO3)C(=O)c3ccnn3C)nc12. The van der Waals surface area contributed by atoms with Crippen LogP contribution in [0.5, 0.6) is 0 Å². The van der Waals surface area contributed by atoms with Crippen molar-refractivity contribution in [2.45, 2.75) is 25.9 Å². The Labute approximate surface area is 150 Å². The summed E-state index contributed by atoms with van der Waals surface area (Å²) in [6.07, 6.45) is 3.71. The molecule has 130 valence electrons. The summed E-state index contributed by atoms with van der Waals surface area (Å²) in [6.45, 7) is 3.32. The van der Waals surface area contributed by atoms with Crippen LogP contribution in [0.2, 0.25) is 0 Å². The quantitative estimate of drug-likeness (QED) is 0.720. The minimum atomic E-state index is -0.0905. The maximum Gasteiger partial charge on any atom is 0.278 e. The zero-order valence-corrected chi connectivity index (χ0v) is 15.1. The number of thiazole rings is 1. The van der Waals surface area contributed by atoms with Crippen LogP contribution in [0.25, 0.3) is 10.2 Å². The van der Waals surface area contributed by atoms with E-state index in [1.807, 2.05) is 25.1 Å². The van der Waals surface area contributed by atoms with Gasteiger partial charge < -0.3 is 4.74 Å². The fourth-order valence-electron chi connectivity index (χ4n) is 3.15. The van der Waals surface area contributed by atoms with Crippen LogP contribution in [0.3, 0.4) is 0 Å². The molecule has 2 aromatic heterocycles. The lowest BCUT2D eigenvalue weighted by molar-refractivity contribution is 0.0909. The van der Waals surface area contributed by atoms with E-state index in [1.54, 1.807) is 40.2 Å². The molecule has 7 heteroatoms. The van der Waals surface area contributed by atoms with E-state index in [4.69, 9.17) is 9.72 Å². The number of ether oxygens (including phenoxy) is 1. The molecule has 1 unspecified atom stereocenters. The monoisotopic (exact) mass is 356 g/mol. The van der Waals surface area contributed by atoms with Crippen molar-refractivity contribution in [1.82, 2.24) is 14.8 Å². The highest BCUT2D eigenvalue weighted by Gasteiger charge is 2.28. The summed E-state index contributed by atoms with van der Waals surface area (Å²) in [5, 5.41) is 4.84. The van der Waals surface area contributed by atoms with Gasteiger partial charge in [-0.3, -0.25) is 14.4 Å². The highest BCUT2D eigenvalue weighted by molar-refractivity contribution is 7.22. The second-order valence-electron chi connectivity index (χ2n) is 6.31. The largest absolute Gasteiger partial charge is 0.376 e. The van der Waals surface area contributed by atoms with Gasteiger partial charge in [-0.1, -0.05) is 23.5 Å². The number of aromatic nitrogens is 3. The number of hydrogen-bond donors (Lipinski definition) is 0. The number of fused-ring (bicyclic) bond motifs is 1. The van der Waals surface area contributed by atoms with Crippen LogP contribution in [0.15, 0.2) is 30.5 Å². The van der Waals surface area contributed by atoms with Crippen molar-refractivity contribution in [2.75, 3.05) is 18.1 Å². The molecule has 1 aromatic carbocycles. The van der Waals surface area contributed by atoms with E-state index in [0.29, 0.717) is 17.4 Å². The molecule has 0 bridgehead atoms. The molecule has 0 spiro atoms. The van der Waals surface area contributed by atoms with Gasteiger partial charge in [0.05, 0.1) is 22.9 Å². The highest BCUT2D eigenvalue weighted by Crippen LogP contribution is 2.32. The number of para-hydroxylation sites is 1. The standard InChI is InChI=1S/C18H20N4O2S/c1-12-5-3-7-15-16(12)20-18(25-15)22(11-13-6-4-10-24-13)17(23)14-8-9-19-21(14)2/h3,5,7-9,13H,4,6,10-11H2,1-2H3. The van der Waals surface area contributed by atoms with Gasteiger partial charge in [0.25, 0.3) is 5.91 Å². The molecule has 0 saturated carbocycles. The van der Waals surface area contributed by atoms with Crippen LogP contribution in [-0.2, 0) is 11.8 Å². The van der Waals surface area contributed by atoms with Crippen LogP contribution < -0.4 is 4.90 Å². The summed E-state index contributed by atoms with van der Waals surface area (Å²) < 4.78 is 8.45. The first-order valence-corrected chi connectivity index (χ1v) is 9.23. The molecule has 6 nitrogen and oxygen atoms in total. The predicted molar refractivity (Wildman–Crippen MR) is 98.2 cm³/mol. The normalized spacial score (nSPS) is 17.3. The maximum atomic E-state index is 13.2. The smallest absolute Gasteiger partial charge is 0.278 e. The Hall–Kier alpha value is -2.25. The summed E-state index contributed by atoms with van der Waals surface area (Å²) in [5.41, 5.74) is 2.62. The number of rotatable bonds is 4. The average molecular weight is 356 g/mol. The van der Waals surface area contributed by atoms with Gasteiger partial charge in [-0.2, -0.15) is 5.10 Å². The number of aryl methyl sites for hydroxylation is 2. The molecular weight excluding hydrogens is 336 g/mol. The van der Waals surface area contributed by atoms with Gasteiger partial charge in [0, 0.05) is 19.9 Å². The summed E-state index contributed by atoms with van der Waals surface area (Å²) in [6, 6.07) is 7.85. The second kappa shape index (κ2) is 6.57. The Morgan fingerprint density at radius 3 is 3.00 bits per heavy atom. The Balaban J connectivity index is 1.74. The Bertz CT molecular complexity index is 911. The van der Waals surface area contributed by atoms with Crippen LogP contribution in [-0.4, -0.2) is 39.9 Å². The van der Waals surface area contributed by atoms with Gasteiger partial charge in [-0.05, 0) is 37.5 Å². The van der Waals surface area contributed by atoms with Crippen molar-refractivity contribution in [3.8, 4) is 0 Å². The molecule has 1 atom stereocenters. The molecule has 1 aliphatic rings. The zero-order chi connectivity index (χ0) is 17.4. The summed E-state index contributed by atoms with van der Waals surface area (Å²) in [4.78, 5) is 19.7. The van der Waals surface area contributed by atoms with Crippen LogP contribution in [0.4, 0.5) is 5.13 Å². The molecule has 25 heavy (non-hydrogen) atoms. The van der Waals surface area contributed by atoms with Crippen LogP contribution >= 0.6 is 11.3 Å². The van der Waals surface area contributed by atoms with Crippen molar-refractivity contribution in [3.05, 3.63) is 41.7 Å². The van der Waals surface area contributed by atoms with Crippen LogP contribution in [0.1, 0.15) is 28.9 Å². The number of carbonyl (C=O) groups is 1. The molecule has 0 N–H and O–H groups in total. The van der Waals surface area contributed by atoms with E-state index in [9.17, 15) is 4.79 Å². The lowest BCUT2D eigenvalue weighted by atomic mass is 10.2. The number of benzene rings is 1. The number of hydrogen-bond acceptors (Lipinski definition) is 5. The summed E-state index contributed by atoms with van der Waals surface area (Å²) in [7, 11) is 1.78. The second-order valence-corrected chi connectivity index (χ2v) is 7.32. The van der Waals surface area contributed by atoms with E-state index in [2.05, 4.69) is 5.10 Å². The third kappa shape index (κ3) is 3.05. The molecule has 0 aliphatic carbocycles. The first-order valence-electron chi connectivity index (χ1n) is 8.41. The van der Waals surface area contributed by atoms with E-state index in [-0.39, 0.29) is 12.0 Å². The molecule has 3 heterocycles. The maximum absolute atomic E-state index is 13.2. The fraction of sp³-hybridized carbons (Fsp3) is 0.389. The summed E-state index contributed by atoms with van der Waals surface area (Å²) in [5.74, 6) is -0.0905. The topological polar surface area (TPSA) is 60.2 Å². The van der Waals surface area contributed by atoms with Gasteiger partial charge in [0.15, 0.2) is 5.13 Å². The van der Waals surface area contributed by atoms with Crippen molar-refractivity contribution in [3.63, 3.8) is 0 Å². The average Bonchev–Trinajstić information content (AvgIpc) is 3.32. The van der Waals surface area contributed by atoms with Crippen LogP contribution in [0, 0.1) is 6.92 Å². The van der Waals surface area contributed by atoms with Crippen molar-refractivity contribution >= 4 is 32.6 Å². The third-order valence-corrected chi connectivity index (χ3v) is 5.58. The third-order valence-electron chi connectivity index (χ3n) is 4.54. The molecule has 4 rings (SSSR count). The molecule has 1 aliphatic heterocycles. The van der Waals surface area contributed by atoms with Crippen molar-refractivity contribution < 1.29 is 9.53 Å². The van der Waals surface area contributed by atoms with Gasteiger partial charge in [0.1, 0.15) is 5.69 Å². The number of amides is 1. The molecule has 1 saturated heterocycles. The number of carbonyl (C=O) groups excluding carboxylic acids is 1. The lowest BCUT2D eigenvalue weighted by Crippen LogP contribution is -2.38. The first-order chi connectivity index (χ1) is 12.1. The molecule has 1 amide bonds. The van der Waals surface area contributed by atoms with E-state index < -0.39 is 0 Å². The fourth-order valence-corrected chi connectivity index (χ4v) is 4.20. The Morgan fingerprint density at radius 2 is 2.32 bits per heavy atom. The lowest BCUT2D eigenvalue weighted by Gasteiger charge is -2.23. The minimum absolute atomic E-state index is 0.0605. The van der Waals surface area contributed by atoms with E-state index in [0.717, 1.165) is 35.2 Å². The molecule has 1 fully saturated rings. The highest BCUT2D eigenvalue weighted by atomic mass is 32.1. The van der Waals surface area contributed by atoms with Gasteiger partial charge in [0.2, 0.25) is 0 Å². The van der Waals surface area contributed by atoms with Gasteiger partial charge >= 0.3 is 0 Å². The molecular formula is C18H20N4O2S. The Morgan fingerprint density at radius 1 is 1.44 bits per heavy atom. The van der Waals surface area contributed by atoms with E-state index in [1.165, 1.54) is 0 Å². The number of anilines is 1. The summed E-state index contributed by atoms with van der Waals surface area (Å²) >= 11 is 1.54. The van der Waals surface area contributed by atoms with Crippen molar-refractivity contribution in [1.29, 1.82) is 0 Å². The zero-order valence-electron chi connectivity index (χ0n) is 14.3. The number of nitrogens with zero attached hydrogens (tertiary/aromatic N) is 4. The van der Waals surface area contributed by atoms with Crippen molar-refractivity contribution in [2.24, 2.45) is 7.05 Å². The van der Waals surface area contributed by atoms with E-state index >= 15 is 0 Å². The first kappa shape index (κ1) is 16.2. The Kier molecular flexibility index (Phi) is 4.27. The molecule has 0 radical (unpaired) electrons. The minimum Gasteiger partial charge on any atom is -0.376 e.